The van der Waals surface area contributed by atoms with Crippen LogP contribution in [0.5, 0.6) is 0 Å². The van der Waals surface area contributed by atoms with Crippen LogP contribution in [0.15, 0.2) is 70.1 Å². The Morgan fingerprint density at radius 3 is 2.21 bits per heavy atom. The summed E-state index contributed by atoms with van der Waals surface area (Å²) >= 11 is 0. The van der Waals surface area contributed by atoms with Gasteiger partial charge in [-0.25, -0.2) is 8.42 Å². The summed E-state index contributed by atoms with van der Waals surface area (Å²) in [6.07, 6.45) is 10.7. The summed E-state index contributed by atoms with van der Waals surface area (Å²) in [5, 5.41) is 17.2. The lowest BCUT2D eigenvalue weighted by Gasteiger charge is -2.30. The summed E-state index contributed by atoms with van der Waals surface area (Å²) in [7, 11) is -13.8. The highest BCUT2D eigenvalue weighted by atomic mass is 32.2. The van der Waals surface area contributed by atoms with E-state index in [1.807, 2.05) is 42.4 Å². The number of carbonyl (C=O) groups is 4. The molecule has 6 N–H and O–H groups in total. The van der Waals surface area contributed by atoms with Gasteiger partial charge < -0.3 is 30.5 Å². The van der Waals surface area contributed by atoms with Crippen LogP contribution in [-0.4, -0.2) is 116 Å². The molecule has 22 heteroatoms. The van der Waals surface area contributed by atoms with Crippen molar-refractivity contribution in [2.24, 2.45) is 0 Å². The number of hydrogen-bond donors (Lipinski definition) is 6. The zero-order chi connectivity index (χ0) is 50.1. The molecule has 0 radical (unpaired) electrons. The van der Waals surface area contributed by atoms with E-state index < -0.39 is 70.8 Å². The molecule has 2 aromatic rings. The molecule has 0 saturated carbocycles. The summed E-state index contributed by atoms with van der Waals surface area (Å²) in [5.74, 6) is -2.70. The second-order valence-electron chi connectivity index (χ2n) is 18.3. The average Bonchev–Trinajstić information content (AvgIpc) is 3.60. The van der Waals surface area contributed by atoms with Crippen molar-refractivity contribution in [3.05, 3.63) is 71.5 Å². The van der Waals surface area contributed by atoms with Gasteiger partial charge >= 0.3 is 5.97 Å². The zero-order valence-corrected chi connectivity index (χ0v) is 41.1. The number of carboxylic acid groups (broad SMARTS) is 1. The number of benzene rings is 2. The molecule has 5 rings (SSSR count). The van der Waals surface area contributed by atoms with Crippen LogP contribution in [0.2, 0.25) is 0 Å². The van der Waals surface area contributed by atoms with Crippen molar-refractivity contribution in [3.8, 4) is 0 Å². The highest BCUT2D eigenvalue weighted by molar-refractivity contribution is 7.86. The number of aliphatic carboxylic acids is 1. The van der Waals surface area contributed by atoms with Crippen molar-refractivity contribution < 1.29 is 67.8 Å². The van der Waals surface area contributed by atoms with E-state index in [1.165, 1.54) is 30.3 Å². The number of nitrogens with one attached hydrogen (secondary N) is 3. The van der Waals surface area contributed by atoms with Crippen molar-refractivity contribution in [2.45, 2.75) is 137 Å². The van der Waals surface area contributed by atoms with E-state index in [9.17, 15) is 58.1 Å². The first-order valence-electron chi connectivity index (χ1n) is 22.9. The summed E-state index contributed by atoms with van der Waals surface area (Å²) in [6, 6.07) is 7.35. The molecule has 2 aromatic carbocycles. The van der Waals surface area contributed by atoms with Crippen LogP contribution in [0.25, 0.3) is 0 Å². The number of nitrogens with zero attached hydrogens (tertiary/aromatic N) is 2. The molecule has 19 nitrogen and oxygen atoms in total. The highest BCUT2D eigenvalue weighted by Crippen LogP contribution is 2.51. The molecule has 3 aliphatic heterocycles. The zero-order valence-electron chi connectivity index (χ0n) is 38.7. The van der Waals surface area contributed by atoms with Gasteiger partial charge in [0, 0.05) is 79.8 Å². The number of carbonyl (C=O) groups excluding carboxylic acids is 3. The second-order valence-corrected chi connectivity index (χ2v) is 22.6. The smallest absolute Gasteiger partial charge is 0.303 e. The maximum absolute atomic E-state index is 13.3. The Hall–Kier alpha value is -5.00. The van der Waals surface area contributed by atoms with Gasteiger partial charge in [-0.1, -0.05) is 25.3 Å². The summed E-state index contributed by atoms with van der Waals surface area (Å²) in [5.41, 5.74) is 2.01. The molecular formula is C46H63N5O14S3. The molecule has 0 spiro atoms. The van der Waals surface area contributed by atoms with E-state index in [-0.39, 0.29) is 61.0 Å². The number of amides is 3. The fourth-order valence-electron chi connectivity index (χ4n) is 9.25. The third-order valence-corrected chi connectivity index (χ3v) is 15.3. The van der Waals surface area contributed by atoms with Crippen molar-refractivity contribution in [3.63, 3.8) is 0 Å². The summed E-state index contributed by atoms with van der Waals surface area (Å²) in [6.45, 7) is 6.31. The molecule has 374 valence electrons. The lowest BCUT2D eigenvalue weighted by atomic mass is 9.77. The van der Waals surface area contributed by atoms with E-state index >= 15 is 0 Å². The number of hydrogen-bond acceptors (Lipinski definition) is 12. The first-order valence-corrected chi connectivity index (χ1v) is 27.3. The molecule has 0 saturated heterocycles. The molecule has 0 aliphatic carbocycles. The Bertz CT molecular complexity index is 2680. The maximum Gasteiger partial charge on any atom is 0.303 e. The number of rotatable bonds is 13. The molecule has 68 heavy (non-hydrogen) atoms. The van der Waals surface area contributed by atoms with Crippen molar-refractivity contribution in [2.75, 3.05) is 36.8 Å². The lowest BCUT2D eigenvalue weighted by molar-refractivity contribution is -0.438. The van der Waals surface area contributed by atoms with Gasteiger partial charge in [0.2, 0.25) is 23.4 Å². The molecular weight excluding hydrogens is 943 g/mol. The Kier molecular flexibility index (Phi) is 17.9. The second kappa shape index (κ2) is 22.6. The third kappa shape index (κ3) is 14.1. The molecule has 3 aliphatic rings. The SMILES string of the molecule is CC1(C)C2=[N+](CCCCCC(=O)NCC(C(=O)NCCCCCC(=O)O)NC(=O)CCCCCC3(C)/C(=C/C=C/2)N(CCCS(=O)(=O)O)c2ccc(S(=O)(=O)O)cc23)c2ccc(S(=O)(=O)[O-])cc21. The van der Waals surface area contributed by atoms with Gasteiger partial charge in [-0.15, -0.1) is 0 Å². The predicted octanol–water partition coefficient (Wildman–Crippen LogP) is 4.60. The van der Waals surface area contributed by atoms with Gasteiger partial charge in [-0.3, -0.25) is 28.3 Å². The summed E-state index contributed by atoms with van der Waals surface area (Å²) in [4.78, 5) is 51.6. The minimum absolute atomic E-state index is 0.00402. The molecule has 2 atom stereocenters. The quantitative estimate of drug-likeness (QED) is 0.0908. The van der Waals surface area contributed by atoms with Gasteiger partial charge in [-0.05, 0) is 108 Å². The monoisotopic (exact) mass is 1010 g/mol. The van der Waals surface area contributed by atoms with E-state index in [1.54, 1.807) is 12.1 Å². The first-order chi connectivity index (χ1) is 31.8. The van der Waals surface area contributed by atoms with Crippen LogP contribution >= 0.6 is 0 Å². The van der Waals surface area contributed by atoms with E-state index in [2.05, 4.69) is 16.0 Å². The maximum atomic E-state index is 13.3. The van der Waals surface area contributed by atoms with Gasteiger partial charge in [0.1, 0.15) is 22.7 Å². The van der Waals surface area contributed by atoms with Gasteiger partial charge in [-0.2, -0.15) is 21.4 Å². The lowest BCUT2D eigenvalue weighted by Crippen LogP contribution is -2.52. The molecule has 0 bridgehead atoms. The highest BCUT2D eigenvalue weighted by Gasteiger charge is 2.46. The van der Waals surface area contributed by atoms with Crippen molar-refractivity contribution in [1.29, 1.82) is 0 Å². The van der Waals surface area contributed by atoms with E-state index in [0.717, 1.165) is 5.71 Å². The van der Waals surface area contributed by atoms with Crippen molar-refractivity contribution >= 4 is 71.1 Å². The normalized spacial score (nSPS) is 22.4. The number of allylic oxidation sites excluding steroid dienone is 4. The van der Waals surface area contributed by atoms with Crippen LogP contribution in [0.4, 0.5) is 11.4 Å². The van der Waals surface area contributed by atoms with Gasteiger partial charge in [0.05, 0.1) is 21.0 Å². The molecule has 0 fully saturated rings. The largest absolute Gasteiger partial charge is 0.744 e. The van der Waals surface area contributed by atoms with Crippen LogP contribution in [0, 0.1) is 0 Å². The number of unbranched alkanes of at least 4 members (excludes halogenated alkanes) is 2. The van der Waals surface area contributed by atoms with Crippen LogP contribution in [0.3, 0.4) is 0 Å². The predicted molar refractivity (Wildman–Crippen MR) is 252 cm³/mol. The Labute approximate surface area is 398 Å². The van der Waals surface area contributed by atoms with Gasteiger partial charge in [0.15, 0.2) is 5.71 Å². The minimum Gasteiger partial charge on any atom is -0.744 e. The molecule has 3 amide bonds. The van der Waals surface area contributed by atoms with Crippen LogP contribution in [0.1, 0.15) is 122 Å². The standard InChI is InChI=1S/C46H63N5O14S3/c1-45(2)34-29-32(67(60,61)62)20-22-37(34)50-26-12-6-8-17-41(52)48-31-36(44(56)47-25-11-5-9-19-43(54)55)49-42(53)18-7-4-10-24-46(3)35-30-33(68(63,64)65)21-23-38(35)51(27-14-28-66(57,58)59)40(46)16-13-15-39(45)50/h13,15-16,20-23,29-30,36H,4-12,14,17-19,24-28,31H2,1-3H3,(H6-,47,48,49,52,53,54,55,56,57,58,59,60,61,62,63,64,65). The van der Waals surface area contributed by atoms with Crippen molar-refractivity contribution in [1.82, 2.24) is 16.0 Å². The minimum atomic E-state index is -4.79. The van der Waals surface area contributed by atoms with E-state index in [4.69, 9.17) is 5.11 Å². The fourth-order valence-corrected chi connectivity index (χ4v) is 10.7. The molecule has 2 unspecified atom stereocenters. The molecule has 3 heterocycles. The Morgan fingerprint density at radius 1 is 0.853 bits per heavy atom. The number of carboxylic acids is 1. The van der Waals surface area contributed by atoms with Crippen LogP contribution in [-0.2, 0) is 60.4 Å². The Balaban J connectivity index is 1.53. The fraction of sp³-hybridized carbons (Fsp3) is 0.543. The number of anilines is 1. The summed E-state index contributed by atoms with van der Waals surface area (Å²) < 4.78 is 107. The first kappa shape index (κ1) is 53.9. The average molecular weight is 1010 g/mol. The number of fused-ring (bicyclic) bond motifs is 5. The Morgan fingerprint density at radius 2 is 1.53 bits per heavy atom. The van der Waals surface area contributed by atoms with Crippen LogP contribution < -0.4 is 20.9 Å². The van der Waals surface area contributed by atoms with E-state index in [0.29, 0.717) is 99.0 Å². The van der Waals surface area contributed by atoms with Gasteiger partial charge in [0.25, 0.3) is 20.2 Å². The topological polar surface area (TPSA) is 297 Å². The third-order valence-electron chi connectivity index (χ3n) is 12.8. The molecule has 0 aromatic heterocycles.